The minimum atomic E-state index is -4.47. The zero-order valence-corrected chi connectivity index (χ0v) is 20.2. The molecule has 1 amide bonds. The molecule has 1 atom stereocenters. The molecule has 184 valence electrons. The normalized spacial score (nSPS) is 16.4. The first-order valence-corrected chi connectivity index (χ1v) is 12.8. The van der Waals surface area contributed by atoms with Crippen molar-refractivity contribution in [2.45, 2.75) is 23.0 Å². The van der Waals surface area contributed by atoms with Gasteiger partial charge in [0.15, 0.2) is 0 Å². The van der Waals surface area contributed by atoms with Gasteiger partial charge in [0.25, 0.3) is 10.0 Å². The molecule has 0 saturated heterocycles. The van der Waals surface area contributed by atoms with E-state index in [1.54, 1.807) is 30.3 Å². The largest absolute Gasteiger partial charge is 0.457 e. The van der Waals surface area contributed by atoms with Crippen molar-refractivity contribution in [3.05, 3.63) is 88.3 Å². The summed E-state index contributed by atoms with van der Waals surface area (Å²) in [4.78, 5) is 12.7. The number of nitrogens with zero attached hydrogens (tertiary/aromatic N) is 1. The molecule has 4 rings (SSSR count). The zero-order valence-electron chi connectivity index (χ0n) is 17.8. The van der Waals surface area contributed by atoms with Crippen LogP contribution in [0.1, 0.15) is 11.1 Å². The summed E-state index contributed by atoms with van der Waals surface area (Å²) in [5.41, 5.74) is -0.121. The SMILES string of the molecule is O=C(NCc1ccc(Oc2cccc(C(F)(F)F)c2)cc1)[C@@H]1C=CCN1S(=O)(=O)c1ccc(Cl)s1. The Bertz CT molecular complexity index is 1360. The standard InChI is InChI=1S/C23H18ClF3N2O4S2/c24-20-10-11-21(34-20)35(31,32)29-12-2-5-19(29)22(30)28-14-15-6-8-17(9-7-15)33-18-4-1-3-16(13-18)23(25,26)27/h1-11,13,19H,12,14H2,(H,28,30)/t19-/m0/s1. The molecule has 0 unspecified atom stereocenters. The van der Waals surface area contributed by atoms with Gasteiger partial charge in [0.2, 0.25) is 5.91 Å². The van der Waals surface area contributed by atoms with Gasteiger partial charge in [-0.25, -0.2) is 8.42 Å². The summed E-state index contributed by atoms with van der Waals surface area (Å²) in [5.74, 6) is -0.124. The van der Waals surface area contributed by atoms with Gasteiger partial charge >= 0.3 is 6.18 Å². The quantitative estimate of drug-likeness (QED) is 0.402. The van der Waals surface area contributed by atoms with Crippen LogP contribution < -0.4 is 10.1 Å². The zero-order chi connectivity index (χ0) is 25.2. The number of carbonyl (C=O) groups excluding carboxylic acids is 1. The van der Waals surface area contributed by atoms with Crippen LogP contribution in [0.2, 0.25) is 4.34 Å². The molecule has 0 spiro atoms. The van der Waals surface area contributed by atoms with Gasteiger partial charge in [-0.1, -0.05) is 42.0 Å². The number of hydrogen-bond donors (Lipinski definition) is 1. The fourth-order valence-electron chi connectivity index (χ4n) is 3.36. The van der Waals surface area contributed by atoms with E-state index in [4.69, 9.17) is 16.3 Å². The van der Waals surface area contributed by atoms with Gasteiger partial charge in [-0.15, -0.1) is 11.3 Å². The Hall–Kier alpha value is -2.86. The number of nitrogens with one attached hydrogen (secondary N) is 1. The Labute approximate surface area is 208 Å². The van der Waals surface area contributed by atoms with Crippen molar-refractivity contribution in [1.29, 1.82) is 0 Å². The van der Waals surface area contributed by atoms with Crippen molar-refractivity contribution in [1.82, 2.24) is 9.62 Å². The molecule has 12 heteroatoms. The van der Waals surface area contributed by atoms with Gasteiger partial charge in [0, 0.05) is 13.1 Å². The minimum absolute atomic E-state index is 0.0437. The van der Waals surface area contributed by atoms with Crippen molar-refractivity contribution in [3.8, 4) is 11.5 Å². The summed E-state index contributed by atoms with van der Waals surface area (Å²) in [5, 5.41) is 2.71. The maximum Gasteiger partial charge on any atom is 0.416 e. The van der Waals surface area contributed by atoms with Crippen molar-refractivity contribution >= 4 is 38.9 Å². The van der Waals surface area contributed by atoms with Gasteiger partial charge in [-0.3, -0.25) is 4.79 Å². The molecule has 1 aromatic heterocycles. The molecule has 3 aromatic rings. The molecule has 1 N–H and O–H groups in total. The lowest BCUT2D eigenvalue weighted by Crippen LogP contribution is -2.45. The Morgan fingerprint density at radius 1 is 1.11 bits per heavy atom. The molecule has 0 radical (unpaired) electrons. The topological polar surface area (TPSA) is 75.7 Å². The number of benzene rings is 2. The summed E-state index contributed by atoms with van der Waals surface area (Å²) in [6.45, 7) is 0.184. The van der Waals surface area contributed by atoms with Crippen LogP contribution in [0.3, 0.4) is 0 Å². The molecular formula is C23H18ClF3N2O4S2. The predicted molar refractivity (Wildman–Crippen MR) is 126 cm³/mol. The van der Waals surface area contributed by atoms with Crippen molar-refractivity contribution in [2.75, 3.05) is 6.54 Å². The third kappa shape index (κ3) is 5.87. The Kier molecular flexibility index (Phi) is 7.22. The molecule has 1 aliphatic rings. The van der Waals surface area contributed by atoms with Gasteiger partial charge in [-0.05, 0) is 48.0 Å². The lowest BCUT2D eigenvalue weighted by Gasteiger charge is -2.22. The number of amides is 1. The van der Waals surface area contributed by atoms with E-state index in [-0.39, 0.29) is 23.0 Å². The van der Waals surface area contributed by atoms with E-state index >= 15 is 0 Å². The maximum absolute atomic E-state index is 12.9. The van der Waals surface area contributed by atoms with Crippen LogP contribution in [0.15, 0.2) is 77.0 Å². The first kappa shape index (κ1) is 25.2. The average molecular weight is 543 g/mol. The van der Waals surface area contributed by atoms with Crippen molar-refractivity contribution in [2.24, 2.45) is 0 Å². The van der Waals surface area contributed by atoms with E-state index < -0.39 is 33.7 Å². The monoisotopic (exact) mass is 542 g/mol. The fraction of sp³-hybridized carbons (Fsp3) is 0.174. The number of ether oxygens (including phenoxy) is 1. The fourth-order valence-corrected chi connectivity index (χ4v) is 6.47. The minimum Gasteiger partial charge on any atom is -0.457 e. The highest BCUT2D eigenvalue weighted by atomic mass is 35.5. The van der Waals surface area contributed by atoms with E-state index in [1.807, 2.05) is 0 Å². The molecule has 6 nitrogen and oxygen atoms in total. The highest BCUT2D eigenvalue weighted by molar-refractivity contribution is 7.91. The van der Waals surface area contributed by atoms with Gasteiger partial charge in [0.1, 0.15) is 21.8 Å². The van der Waals surface area contributed by atoms with Gasteiger partial charge in [0.05, 0.1) is 9.90 Å². The van der Waals surface area contributed by atoms with Crippen molar-refractivity contribution in [3.63, 3.8) is 0 Å². The van der Waals surface area contributed by atoms with E-state index in [0.29, 0.717) is 15.6 Å². The molecule has 0 fully saturated rings. The second kappa shape index (κ2) is 10.0. The number of halogens is 4. The average Bonchev–Trinajstić information content (AvgIpc) is 3.48. The number of sulfonamides is 1. The van der Waals surface area contributed by atoms with E-state index in [1.165, 1.54) is 30.3 Å². The molecule has 2 aromatic carbocycles. The Morgan fingerprint density at radius 3 is 2.51 bits per heavy atom. The van der Waals surface area contributed by atoms with Crippen LogP contribution in [-0.2, 0) is 27.5 Å². The molecular weight excluding hydrogens is 525 g/mol. The first-order chi connectivity index (χ1) is 16.5. The summed E-state index contributed by atoms with van der Waals surface area (Å²) >= 11 is 6.78. The number of alkyl halides is 3. The van der Waals surface area contributed by atoms with Crippen LogP contribution in [0, 0.1) is 0 Å². The number of thiophene rings is 1. The second-order valence-electron chi connectivity index (χ2n) is 7.50. The van der Waals surface area contributed by atoms with Gasteiger partial charge < -0.3 is 10.1 Å². The third-order valence-corrected chi connectivity index (χ3v) is 8.63. The molecule has 0 saturated carbocycles. The highest BCUT2D eigenvalue weighted by Gasteiger charge is 2.37. The van der Waals surface area contributed by atoms with E-state index in [9.17, 15) is 26.4 Å². The number of carbonyl (C=O) groups is 1. The van der Waals surface area contributed by atoms with Crippen LogP contribution in [-0.4, -0.2) is 31.2 Å². The molecule has 1 aliphatic heterocycles. The molecule has 0 bridgehead atoms. The maximum atomic E-state index is 12.9. The molecule has 2 heterocycles. The second-order valence-corrected chi connectivity index (χ2v) is 11.3. The number of rotatable bonds is 7. The summed E-state index contributed by atoms with van der Waals surface area (Å²) < 4.78 is 71.3. The van der Waals surface area contributed by atoms with Crippen molar-refractivity contribution < 1.29 is 31.1 Å². The lowest BCUT2D eigenvalue weighted by molar-refractivity contribution is -0.137. The lowest BCUT2D eigenvalue weighted by atomic mass is 10.2. The Balaban J connectivity index is 1.37. The van der Waals surface area contributed by atoms with Crippen LogP contribution in [0.4, 0.5) is 13.2 Å². The third-order valence-electron chi connectivity index (χ3n) is 5.08. The highest BCUT2D eigenvalue weighted by Crippen LogP contribution is 2.33. The summed E-state index contributed by atoms with van der Waals surface area (Å²) in [6.07, 6.45) is -1.34. The number of hydrogen-bond acceptors (Lipinski definition) is 5. The Morgan fingerprint density at radius 2 is 1.86 bits per heavy atom. The van der Waals surface area contributed by atoms with Crippen LogP contribution >= 0.6 is 22.9 Å². The van der Waals surface area contributed by atoms with Crippen LogP contribution in [0.5, 0.6) is 11.5 Å². The smallest absolute Gasteiger partial charge is 0.416 e. The summed E-state index contributed by atoms with van der Waals surface area (Å²) in [6, 6.07) is 12.9. The van der Waals surface area contributed by atoms with E-state index in [2.05, 4.69) is 5.32 Å². The van der Waals surface area contributed by atoms with Gasteiger partial charge in [-0.2, -0.15) is 17.5 Å². The first-order valence-electron chi connectivity index (χ1n) is 10.2. The van der Waals surface area contributed by atoms with E-state index in [0.717, 1.165) is 27.8 Å². The molecule has 0 aliphatic carbocycles. The van der Waals surface area contributed by atoms with Crippen LogP contribution in [0.25, 0.3) is 0 Å². The molecule has 35 heavy (non-hydrogen) atoms. The predicted octanol–water partition coefficient (Wildman–Crippen LogP) is 5.46. The summed E-state index contributed by atoms with van der Waals surface area (Å²) in [7, 11) is -3.89.